The molecule has 4 nitrogen and oxygen atoms in total. The lowest BCUT2D eigenvalue weighted by atomic mass is 10.1. The van der Waals surface area contributed by atoms with Crippen LogP contribution in [0.1, 0.15) is 47.1 Å². The highest BCUT2D eigenvalue weighted by molar-refractivity contribution is 7.16. The maximum absolute atomic E-state index is 12.5. The van der Waals surface area contributed by atoms with E-state index in [4.69, 9.17) is 0 Å². The van der Waals surface area contributed by atoms with Gasteiger partial charge in [-0.05, 0) is 45.4 Å². The molecule has 0 aliphatic carbocycles. The van der Waals surface area contributed by atoms with Crippen LogP contribution in [-0.2, 0) is 11.3 Å². The molecule has 0 atom stereocenters. The number of carbonyl (C=O) groups is 2. The van der Waals surface area contributed by atoms with Gasteiger partial charge in [0.25, 0.3) is 5.91 Å². The van der Waals surface area contributed by atoms with Crippen LogP contribution in [0.25, 0.3) is 0 Å². The van der Waals surface area contributed by atoms with Crippen LogP contribution < -0.4 is 5.32 Å². The molecule has 1 aromatic carbocycles. The molecule has 1 N–H and O–H groups in total. The molecule has 0 spiro atoms. The molecular formula is C19H24N2O2S. The minimum absolute atomic E-state index is 0.0357. The second kappa shape index (κ2) is 7.62. The monoisotopic (exact) mass is 344 g/mol. The van der Waals surface area contributed by atoms with Gasteiger partial charge in [0.15, 0.2) is 0 Å². The van der Waals surface area contributed by atoms with E-state index in [2.05, 4.69) is 5.32 Å². The third-order valence-electron chi connectivity index (χ3n) is 4.13. The Morgan fingerprint density at radius 3 is 2.33 bits per heavy atom. The van der Waals surface area contributed by atoms with Gasteiger partial charge in [0, 0.05) is 35.5 Å². The molecule has 24 heavy (non-hydrogen) atoms. The third kappa shape index (κ3) is 4.03. The van der Waals surface area contributed by atoms with Gasteiger partial charge in [0.1, 0.15) is 5.00 Å². The second-order valence-corrected chi connectivity index (χ2v) is 7.38. The zero-order valence-electron chi connectivity index (χ0n) is 14.8. The van der Waals surface area contributed by atoms with Crippen LogP contribution >= 0.6 is 11.3 Å². The van der Waals surface area contributed by atoms with Gasteiger partial charge < -0.3 is 10.2 Å². The van der Waals surface area contributed by atoms with E-state index in [0.717, 1.165) is 21.0 Å². The SMILES string of the molecule is CC(=O)N(Cc1c(NC(=O)c2ccccc2)sc(C)c1C)C(C)C. The largest absolute Gasteiger partial charge is 0.336 e. The van der Waals surface area contributed by atoms with E-state index in [-0.39, 0.29) is 17.9 Å². The number of nitrogens with zero attached hydrogens (tertiary/aromatic N) is 1. The Hall–Kier alpha value is -2.14. The van der Waals surface area contributed by atoms with Gasteiger partial charge in [0.05, 0.1) is 0 Å². The molecule has 128 valence electrons. The summed E-state index contributed by atoms with van der Waals surface area (Å²) in [5.41, 5.74) is 2.78. The van der Waals surface area contributed by atoms with Crippen molar-refractivity contribution in [2.24, 2.45) is 0 Å². The van der Waals surface area contributed by atoms with Crippen LogP contribution in [0.3, 0.4) is 0 Å². The Kier molecular flexibility index (Phi) is 5.78. The molecule has 0 fully saturated rings. The highest BCUT2D eigenvalue weighted by atomic mass is 32.1. The molecule has 0 unspecified atom stereocenters. The van der Waals surface area contributed by atoms with Crippen molar-refractivity contribution in [2.45, 2.75) is 47.2 Å². The Morgan fingerprint density at radius 2 is 1.79 bits per heavy atom. The number of benzene rings is 1. The van der Waals surface area contributed by atoms with E-state index in [9.17, 15) is 9.59 Å². The summed E-state index contributed by atoms with van der Waals surface area (Å²) in [4.78, 5) is 27.3. The fourth-order valence-electron chi connectivity index (χ4n) is 2.56. The second-order valence-electron chi connectivity index (χ2n) is 6.15. The standard InChI is InChI=1S/C19H24N2O2S/c1-12(2)21(15(5)22)11-17-13(3)14(4)24-19(17)20-18(23)16-9-7-6-8-10-16/h6-10,12H,11H2,1-5H3,(H,20,23). The Labute approximate surface area is 147 Å². The van der Waals surface area contributed by atoms with Crippen molar-refractivity contribution in [1.29, 1.82) is 0 Å². The summed E-state index contributed by atoms with van der Waals surface area (Å²) < 4.78 is 0. The molecule has 0 radical (unpaired) electrons. The Balaban J connectivity index is 2.30. The lowest BCUT2D eigenvalue weighted by Gasteiger charge is -2.26. The van der Waals surface area contributed by atoms with Crippen molar-refractivity contribution in [3.63, 3.8) is 0 Å². The van der Waals surface area contributed by atoms with Gasteiger partial charge in [-0.1, -0.05) is 18.2 Å². The molecule has 0 bridgehead atoms. The first-order chi connectivity index (χ1) is 11.3. The highest BCUT2D eigenvalue weighted by Crippen LogP contribution is 2.34. The number of hydrogen-bond donors (Lipinski definition) is 1. The van der Waals surface area contributed by atoms with E-state index in [0.29, 0.717) is 12.1 Å². The molecule has 0 aliphatic rings. The number of amides is 2. The van der Waals surface area contributed by atoms with E-state index in [1.165, 1.54) is 0 Å². The van der Waals surface area contributed by atoms with E-state index in [1.54, 1.807) is 30.4 Å². The molecule has 5 heteroatoms. The Bertz CT molecular complexity index is 735. The summed E-state index contributed by atoms with van der Waals surface area (Å²) >= 11 is 1.56. The van der Waals surface area contributed by atoms with Gasteiger partial charge in [0.2, 0.25) is 5.91 Å². The van der Waals surface area contributed by atoms with Crippen LogP contribution in [0, 0.1) is 13.8 Å². The molecule has 2 rings (SSSR count). The minimum atomic E-state index is -0.128. The molecule has 0 aliphatic heterocycles. The van der Waals surface area contributed by atoms with Gasteiger partial charge in [-0.3, -0.25) is 9.59 Å². The van der Waals surface area contributed by atoms with E-state index in [1.807, 2.05) is 50.8 Å². The van der Waals surface area contributed by atoms with E-state index >= 15 is 0 Å². The zero-order chi connectivity index (χ0) is 17.9. The molecular weight excluding hydrogens is 320 g/mol. The maximum atomic E-state index is 12.5. The summed E-state index contributed by atoms with van der Waals surface area (Å²) in [6.07, 6.45) is 0. The number of nitrogens with one attached hydrogen (secondary N) is 1. The first kappa shape index (κ1) is 18.2. The number of aryl methyl sites for hydroxylation is 1. The van der Waals surface area contributed by atoms with Crippen molar-refractivity contribution in [3.05, 3.63) is 51.9 Å². The number of anilines is 1. The molecule has 0 saturated heterocycles. The van der Waals surface area contributed by atoms with Gasteiger partial charge in [-0.25, -0.2) is 0 Å². The maximum Gasteiger partial charge on any atom is 0.256 e. The van der Waals surface area contributed by atoms with Gasteiger partial charge >= 0.3 is 0 Å². The fraction of sp³-hybridized carbons (Fsp3) is 0.368. The highest BCUT2D eigenvalue weighted by Gasteiger charge is 2.21. The lowest BCUT2D eigenvalue weighted by Crippen LogP contribution is -2.34. The summed E-state index contributed by atoms with van der Waals surface area (Å²) in [5, 5.41) is 3.84. The molecule has 1 heterocycles. The van der Waals surface area contributed by atoms with Crippen molar-refractivity contribution >= 4 is 28.2 Å². The van der Waals surface area contributed by atoms with Gasteiger partial charge in [-0.15, -0.1) is 11.3 Å². The summed E-state index contributed by atoms with van der Waals surface area (Å²) in [6, 6.07) is 9.26. The lowest BCUT2D eigenvalue weighted by molar-refractivity contribution is -0.131. The van der Waals surface area contributed by atoms with Crippen LogP contribution in [-0.4, -0.2) is 22.8 Å². The quantitative estimate of drug-likeness (QED) is 0.875. The van der Waals surface area contributed by atoms with Gasteiger partial charge in [-0.2, -0.15) is 0 Å². The average molecular weight is 344 g/mol. The number of carbonyl (C=O) groups excluding carboxylic acids is 2. The van der Waals surface area contributed by atoms with Crippen molar-refractivity contribution < 1.29 is 9.59 Å². The predicted octanol–water partition coefficient (Wildman–Crippen LogP) is 4.37. The van der Waals surface area contributed by atoms with Crippen LogP contribution in [0.4, 0.5) is 5.00 Å². The first-order valence-electron chi connectivity index (χ1n) is 8.03. The first-order valence-corrected chi connectivity index (χ1v) is 8.85. The summed E-state index contributed by atoms with van der Waals surface area (Å²) in [7, 11) is 0. The van der Waals surface area contributed by atoms with Crippen molar-refractivity contribution in [1.82, 2.24) is 4.90 Å². The predicted molar refractivity (Wildman–Crippen MR) is 99.5 cm³/mol. The van der Waals surface area contributed by atoms with Crippen LogP contribution in [0.2, 0.25) is 0 Å². The topological polar surface area (TPSA) is 49.4 Å². The number of rotatable bonds is 5. The van der Waals surface area contributed by atoms with E-state index < -0.39 is 0 Å². The molecule has 2 aromatic rings. The molecule has 2 amide bonds. The zero-order valence-corrected chi connectivity index (χ0v) is 15.7. The van der Waals surface area contributed by atoms with Crippen molar-refractivity contribution in [2.75, 3.05) is 5.32 Å². The Morgan fingerprint density at radius 1 is 1.17 bits per heavy atom. The fourth-order valence-corrected chi connectivity index (χ4v) is 3.63. The van der Waals surface area contributed by atoms with Crippen molar-refractivity contribution in [3.8, 4) is 0 Å². The number of hydrogen-bond acceptors (Lipinski definition) is 3. The minimum Gasteiger partial charge on any atom is -0.336 e. The summed E-state index contributed by atoms with van der Waals surface area (Å²) in [6.45, 7) is 10.2. The van der Waals surface area contributed by atoms with Crippen LogP contribution in [0.5, 0.6) is 0 Å². The van der Waals surface area contributed by atoms with Crippen LogP contribution in [0.15, 0.2) is 30.3 Å². The molecule has 0 saturated carbocycles. The normalized spacial score (nSPS) is 10.8. The summed E-state index contributed by atoms with van der Waals surface area (Å²) in [5.74, 6) is -0.0920. The number of thiophene rings is 1. The average Bonchev–Trinajstić information content (AvgIpc) is 2.79. The third-order valence-corrected chi connectivity index (χ3v) is 5.29. The molecule has 1 aromatic heterocycles. The smallest absolute Gasteiger partial charge is 0.256 e.